The van der Waals surface area contributed by atoms with Gasteiger partial charge >= 0.3 is 0 Å². The van der Waals surface area contributed by atoms with Crippen LogP contribution in [-0.4, -0.2) is 5.11 Å². The van der Waals surface area contributed by atoms with Crippen molar-refractivity contribution in [1.29, 1.82) is 0 Å². The van der Waals surface area contributed by atoms with Gasteiger partial charge in [-0.3, -0.25) is 0 Å². The number of anilines is 1. The van der Waals surface area contributed by atoms with E-state index in [2.05, 4.69) is 31.0 Å². The van der Waals surface area contributed by atoms with Gasteiger partial charge in [0.1, 0.15) is 5.75 Å². The lowest BCUT2D eigenvalue weighted by Gasteiger charge is -2.25. The Morgan fingerprint density at radius 2 is 1.85 bits per heavy atom. The molecule has 0 aliphatic carbocycles. The van der Waals surface area contributed by atoms with Crippen molar-refractivity contribution >= 4 is 5.69 Å². The number of hydrogen-bond acceptors (Lipinski definition) is 2. The number of rotatable bonds is 5. The van der Waals surface area contributed by atoms with Crippen LogP contribution in [0, 0.1) is 12.8 Å². The molecule has 0 aliphatic heterocycles. The van der Waals surface area contributed by atoms with Crippen LogP contribution in [0.15, 0.2) is 61.2 Å². The van der Waals surface area contributed by atoms with Crippen LogP contribution in [0.2, 0.25) is 0 Å². The third kappa shape index (κ3) is 3.21. The Hall–Kier alpha value is -2.22. The van der Waals surface area contributed by atoms with Gasteiger partial charge in [0.2, 0.25) is 0 Å². The van der Waals surface area contributed by atoms with Gasteiger partial charge < -0.3 is 10.4 Å². The van der Waals surface area contributed by atoms with Gasteiger partial charge in [-0.1, -0.05) is 49.4 Å². The van der Waals surface area contributed by atoms with Gasteiger partial charge in [-0.05, 0) is 36.1 Å². The second-order valence-corrected chi connectivity index (χ2v) is 5.15. The molecule has 0 unspecified atom stereocenters. The summed E-state index contributed by atoms with van der Waals surface area (Å²) >= 11 is 0. The molecule has 0 amide bonds. The fraction of sp³-hybridized carbons (Fsp3) is 0.222. The van der Waals surface area contributed by atoms with E-state index in [9.17, 15) is 5.11 Å². The van der Waals surface area contributed by atoms with Crippen LogP contribution < -0.4 is 5.32 Å². The lowest BCUT2D eigenvalue weighted by molar-refractivity contribution is 0.474. The fourth-order valence-corrected chi connectivity index (χ4v) is 2.25. The normalized spacial score (nSPS) is 13.5. The zero-order valence-electron chi connectivity index (χ0n) is 12.0. The summed E-state index contributed by atoms with van der Waals surface area (Å²) in [7, 11) is 0. The van der Waals surface area contributed by atoms with Crippen LogP contribution >= 0.6 is 0 Å². The van der Waals surface area contributed by atoms with Gasteiger partial charge in [0.25, 0.3) is 0 Å². The average Bonchev–Trinajstić information content (AvgIpc) is 2.48. The molecule has 2 aromatic carbocycles. The van der Waals surface area contributed by atoms with Gasteiger partial charge in [0.05, 0.1) is 11.7 Å². The quantitative estimate of drug-likeness (QED) is 0.609. The number of aryl methyl sites for hydroxylation is 1. The molecule has 2 atom stereocenters. The first kappa shape index (κ1) is 14.2. The van der Waals surface area contributed by atoms with Crippen LogP contribution in [0.25, 0.3) is 0 Å². The summed E-state index contributed by atoms with van der Waals surface area (Å²) in [5.74, 6) is 0.519. The van der Waals surface area contributed by atoms with Crippen LogP contribution in [0.5, 0.6) is 5.75 Å². The second kappa shape index (κ2) is 6.29. The number of hydrogen-bond donors (Lipinski definition) is 2. The Kier molecular flexibility index (Phi) is 4.46. The first-order chi connectivity index (χ1) is 9.61. The highest BCUT2D eigenvalue weighted by molar-refractivity contribution is 5.58. The van der Waals surface area contributed by atoms with E-state index in [1.807, 2.05) is 43.3 Å². The van der Waals surface area contributed by atoms with Crippen molar-refractivity contribution in [3.8, 4) is 5.75 Å². The van der Waals surface area contributed by atoms with Gasteiger partial charge in [0, 0.05) is 0 Å². The fourth-order valence-electron chi connectivity index (χ4n) is 2.25. The molecule has 0 aliphatic rings. The maximum Gasteiger partial charge on any atom is 0.138 e. The molecule has 2 heteroatoms. The second-order valence-electron chi connectivity index (χ2n) is 5.15. The van der Waals surface area contributed by atoms with Crippen molar-refractivity contribution in [2.45, 2.75) is 19.9 Å². The van der Waals surface area contributed by atoms with E-state index in [4.69, 9.17) is 0 Å². The molecule has 0 bridgehead atoms. The van der Waals surface area contributed by atoms with Crippen LogP contribution in [0.4, 0.5) is 5.69 Å². The minimum atomic E-state index is 0.0846. The lowest BCUT2D eigenvalue weighted by Crippen LogP contribution is -2.17. The van der Waals surface area contributed by atoms with Gasteiger partial charge in [-0.15, -0.1) is 6.58 Å². The molecule has 2 rings (SSSR count). The van der Waals surface area contributed by atoms with E-state index in [0.717, 1.165) is 11.3 Å². The summed E-state index contributed by atoms with van der Waals surface area (Å²) in [5, 5.41) is 13.4. The standard InChI is InChI=1S/C18H21NO/c1-4-14(3)18(15-8-6-5-7-9-15)19-16-12-13(2)10-11-17(16)20/h4-12,14,18-20H,1H2,2-3H3/t14-,18+/m1/s1. The van der Waals surface area contributed by atoms with E-state index >= 15 is 0 Å². The predicted octanol–water partition coefficient (Wildman–Crippen LogP) is 4.68. The van der Waals surface area contributed by atoms with E-state index in [0.29, 0.717) is 0 Å². The summed E-state index contributed by atoms with van der Waals surface area (Å²) in [6.45, 7) is 8.01. The Bertz CT molecular complexity index is 577. The summed E-state index contributed by atoms with van der Waals surface area (Å²) in [5.41, 5.74) is 3.05. The molecular weight excluding hydrogens is 246 g/mol. The molecule has 2 aromatic rings. The first-order valence-corrected chi connectivity index (χ1v) is 6.85. The van der Waals surface area contributed by atoms with E-state index in [-0.39, 0.29) is 17.7 Å². The maximum atomic E-state index is 10.00. The smallest absolute Gasteiger partial charge is 0.138 e. The Morgan fingerprint density at radius 3 is 2.50 bits per heavy atom. The van der Waals surface area contributed by atoms with Crippen LogP contribution in [0.1, 0.15) is 24.1 Å². The highest BCUT2D eigenvalue weighted by atomic mass is 16.3. The average molecular weight is 267 g/mol. The number of aromatic hydroxyl groups is 1. The van der Waals surface area contributed by atoms with Gasteiger partial charge in [-0.25, -0.2) is 0 Å². The topological polar surface area (TPSA) is 32.3 Å². The summed E-state index contributed by atoms with van der Waals surface area (Å²) in [4.78, 5) is 0. The van der Waals surface area contributed by atoms with Crippen molar-refractivity contribution < 1.29 is 5.11 Å². The molecular formula is C18H21NO. The molecule has 0 saturated heterocycles. The SMILES string of the molecule is C=C[C@@H](C)[C@H](Nc1cc(C)ccc1O)c1ccccc1. The van der Waals surface area contributed by atoms with E-state index in [1.54, 1.807) is 6.07 Å². The van der Waals surface area contributed by atoms with E-state index < -0.39 is 0 Å². The summed E-state index contributed by atoms with van der Waals surface area (Å²) in [6, 6.07) is 15.9. The number of phenolic OH excluding ortho intramolecular Hbond substituents is 1. The largest absolute Gasteiger partial charge is 0.506 e. The molecule has 20 heavy (non-hydrogen) atoms. The highest BCUT2D eigenvalue weighted by Crippen LogP contribution is 2.32. The van der Waals surface area contributed by atoms with Crippen LogP contribution in [0.3, 0.4) is 0 Å². The molecule has 0 radical (unpaired) electrons. The zero-order valence-corrected chi connectivity index (χ0v) is 12.0. The molecule has 0 saturated carbocycles. The van der Waals surface area contributed by atoms with Crippen molar-refractivity contribution in [2.24, 2.45) is 5.92 Å². The molecule has 0 heterocycles. The molecule has 0 spiro atoms. The van der Waals surface area contributed by atoms with Gasteiger partial charge in [0.15, 0.2) is 0 Å². The minimum absolute atomic E-state index is 0.0846. The number of nitrogens with one attached hydrogen (secondary N) is 1. The summed E-state index contributed by atoms with van der Waals surface area (Å²) in [6.07, 6.45) is 1.93. The molecule has 104 valence electrons. The van der Waals surface area contributed by atoms with E-state index in [1.165, 1.54) is 5.56 Å². The molecule has 2 N–H and O–H groups in total. The predicted molar refractivity (Wildman–Crippen MR) is 85.0 cm³/mol. The first-order valence-electron chi connectivity index (χ1n) is 6.85. The Morgan fingerprint density at radius 1 is 1.15 bits per heavy atom. The third-order valence-electron chi connectivity index (χ3n) is 3.52. The monoisotopic (exact) mass is 267 g/mol. The van der Waals surface area contributed by atoms with Crippen molar-refractivity contribution in [3.05, 3.63) is 72.3 Å². The lowest BCUT2D eigenvalue weighted by atomic mass is 9.94. The summed E-state index contributed by atoms with van der Waals surface area (Å²) < 4.78 is 0. The van der Waals surface area contributed by atoms with Crippen LogP contribution in [-0.2, 0) is 0 Å². The zero-order chi connectivity index (χ0) is 14.5. The number of phenols is 1. The maximum absolute atomic E-state index is 10.00. The Balaban J connectivity index is 2.33. The third-order valence-corrected chi connectivity index (χ3v) is 3.52. The molecule has 0 fully saturated rings. The molecule has 0 aromatic heterocycles. The van der Waals surface area contributed by atoms with Gasteiger partial charge in [-0.2, -0.15) is 0 Å². The van der Waals surface area contributed by atoms with Crippen molar-refractivity contribution in [2.75, 3.05) is 5.32 Å². The van der Waals surface area contributed by atoms with Crippen molar-refractivity contribution in [3.63, 3.8) is 0 Å². The Labute approximate surface area is 120 Å². The number of benzene rings is 2. The van der Waals surface area contributed by atoms with Crippen molar-refractivity contribution in [1.82, 2.24) is 0 Å². The minimum Gasteiger partial charge on any atom is -0.506 e. The molecule has 2 nitrogen and oxygen atoms in total. The highest BCUT2D eigenvalue weighted by Gasteiger charge is 2.17.